The Labute approximate surface area is 122 Å². The standard InChI is InChI=1S/C14H16N4O3/c1-3-7-15-14-16-8-6-13(17-14)21-12-9-11(18(19)20)5-4-10(12)2/h4-6,8-9H,3,7H2,1-2H3,(H,15,16,17). The lowest BCUT2D eigenvalue weighted by Gasteiger charge is -2.09. The number of rotatable bonds is 6. The summed E-state index contributed by atoms with van der Waals surface area (Å²) in [7, 11) is 0. The van der Waals surface area contributed by atoms with E-state index in [-0.39, 0.29) is 5.69 Å². The summed E-state index contributed by atoms with van der Waals surface area (Å²) in [6.07, 6.45) is 2.53. The molecular formula is C14H16N4O3. The van der Waals surface area contributed by atoms with E-state index in [0.29, 0.717) is 17.6 Å². The van der Waals surface area contributed by atoms with Crippen LogP contribution in [-0.4, -0.2) is 21.4 Å². The van der Waals surface area contributed by atoms with Gasteiger partial charge in [0.15, 0.2) is 0 Å². The quantitative estimate of drug-likeness (QED) is 0.647. The van der Waals surface area contributed by atoms with Crippen LogP contribution in [0.4, 0.5) is 11.6 Å². The SMILES string of the molecule is CCCNc1nccc(Oc2cc([N+](=O)[O-])ccc2C)n1. The molecule has 110 valence electrons. The molecule has 1 aromatic carbocycles. The molecular weight excluding hydrogens is 272 g/mol. The molecule has 0 atom stereocenters. The van der Waals surface area contributed by atoms with Crippen LogP contribution in [0.15, 0.2) is 30.5 Å². The second-order valence-corrected chi connectivity index (χ2v) is 4.45. The maximum atomic E-state index is 10.8. The largest absolute Gasteiger partial charge is 0.438 e. The van der Waals surface area contributed by atoms with Crippen LogP contribution < -0.4 is 10.1 Å². The average molecular weight is 288 g/mol. The molecule has 0 aliphatic heterocycles. The minimum atomic E-state index is -0.458. The molecule has 0 saturated heterocycles. The van der Waals surface area contributed by atoms with E-state index in [1.807, 2.05) is 13.8 Å². The van der Waals surface area contributed by atoms with Gasteiger partial charge in [0.2, 0.25) is 11.8 Å². The predicted octanol–water partition coefficient (Wildman–Crippen LogP) is 3.31. The molecule has 1 N–H and O–H groups in total. The van der Waals surface area contributed by atoms with Gasteiger partial charge >= 0.3 is 0 Å². The molecule has 0 radical (unpaired) electrons. The first-order valence-electron chi connectivity index (χ1n) is 6.60. The van der Waals surface area contributed by atoms with Gasteiger partial charge in [-0.05, 0) is 25.0 Å². The Hall–Kier alpha value is -2.70. The summed E-state index contributed by atoms with van der Waals surface area (Å²) in [5, 5.41) is 13.9. The first-order valence-corrected chi connectivity index (χ1v) is 6.60. The number of non-ortho nitro benzene ring substituents is 1. The van der Waals surface area contributed by atoms with E-state index in [1.54, 1.807) is 18.3 Å². The fourth-order valence-corrected chi connectivity index (χ4v) is 1.65. The van der Waals surface area contributed by atoms with E-state index in [1.165, 1.54) is 12.1 Å². The van der Waals surface area contributed by atoms with Gasteiger partial charge in [0.05, 0.1) is 11.0 Å². The van der Waals surface area contributed by atoms with Crippen LogP contribution in [0.2, 0.25) is 0 Å². The van der Waals surface area contributed by atoms with Gasteiger partial charge < -0.3 is 10.1 Å². The molecule has 21 heavy (non-hydrogen) atoms. The minimum absolute atomic E-state index is 0.0195. The number of nitrogens with one attached hydrogen (secondary N) is 1. The van der Waals surface area contributed by atoms with Gasteiger partial charge in [-0.2, -0.15) is 4.98 Å². The number of nitro benzene ring substituents is 1. The van der Waals surface area contributed by atoms with Crippen LogP contribution in [0.5, 0.6) is 11.6 Å². The number of ether oxygens (including phenoxy) is 1. The third-order valence-corrected chi connectivity index (χ3v) is 2.76. The summed E-state index contributed by atoms with van der Waals surface area (Å²) in [5.41, 5.74) is 0.774. The number of nitro groups is 1. The van der Waals surface area contributed by atoms with Gasteiger partial charge in [-0.15, -0.1) is 0 Å². The Balaban J connectivity index is 2.21. The number of anilines is 1. The molecule has 1 heterocycles. The molecule has 0 aliphatic carbocycles. The Morgan fingerprint density at radius 1 is 1.38 bits per heavy atom. The molecule has 0 saturated carbocycles. The number of benzene rings is 1. The highest BCUT2D eigenvalue weighted by atomic mass is 16.6. The van der Waals surface area contributed by atoms with Crippen molar-refractivity contribution in [2.45, 2.75) is 20.3 Å². The minimum Gasteiger partial charge on any atom is -0.438 e. The molecule has 0 spiro atoms. The Bertz CT molecular complexity index is 646. The van der Waals surface area contributed by atoms with Gasteiger partial charge in [-0.1, -0.05) is 6.92 Å². The van der Waals surface area contributed by atoms with Crippen LogP contribution in [0.25, 0.3) is 0 Å². The highest BCUT2D eigenvalue weighted by Gasteiger charge is 2.11. The predicted molar refractivity (Wildman–Crippen MR) is 78.7 cm³/mol. The van der Waals surface area contributed by atoms with Crippen molar-refractivity contribution in [3.63, 3.8) is 0 Å². The van der Waals surface area contributed by atoms with Gasteiger partial charge in [0, 0.05) is 24.9 Å². The van der Waals surface area contributed by atoms with Gasteiger partial charge in [-0.3, -0.25) is 10.1 Å². The van der Waals surface area contributed by atoms with Crippen LogP contribution in [0, 0.1) is 17.0 Å². The number of hydrogen-bond acceptors (Lipinski definition) is 6. The fraction of sp³-hybridized carbons (Fsp3) is 0.286. The topological polar surface area (TPSA) is 90.2 Å². The van der Waals surface area contributed by atoms with Crippen LogP contribution in [0.3, 0.4) is 0 Å². The molecule has 2 rings (SSSR count). The van der Waals surface area contributed by atoms with Crippen molar-refractivity contribution in [2.24, 2.45) is 0 Å². The van der Waals surface area contributed by atoms with E-state index >= 15 is 0 Å². The second-order valence-electron chi connectivity index (χ2n) is 4.45. The van der Waals surface area contributed by atoms with Crippen molar-refractivity contribution < 1.29 is 9.66 Å². The Kier molecular flexibility index (Phi) is 4.65. The highest BCUT2D eigenvalue weighted by molar-refractivity contribution is 5.45. The summed E-state index contributed by atoms with van der Waals surface area (Å²) in [6, 6.07) is 6.08. The highest BCUT2D eigenvalue weighted by Crippen LogP contribution is 2.28. The van der Waals surface area contributed by atoms with Gasteiger partial charge in [0.1, 0.15) is 5.75 Å². The van der Waals surface area contributed by atoms with Crippen LogP contribution in [0.1, 0.15) is 18.9 Å². The number of nitrogens with zero attached hydrogens (tertiary/aromatic N) is 3. The van der Waals surface area contributed by atoms with Crippen LogP contribution in [-0.2, 0) is 0 Å². The maximum Gasteiger partial charge on any atom is 0.273 e. The van der Waals surface area contributed by atoms with Crippen molar-refractivity contribution >= 4 is 11.6 Å². The van der Waals surface area contributed by atoms with Crippen LogP contribution >= 0.6 is 0 Å². The second kappa shape index (κ2) is 6.65. The number of aromatic nitrogens is 2. The zero-order valence-corrected chi connectivity index (χ0v) is 11.9. The lowest BCUT2D eigenvalue weighted by Crippen LogP contribution is -2.04. The average Bonchev–Trinajstić information content (AvgIpc) is 2.47. The molecule has 1 aromatic heterocycles. The zero-order chi connectivity index (χ0) is 15.2. The molecule has 0 fully saturated rings. The summed E-state index contributed by atoms with van der Waals surface area (Å²) < 4.78 is 5.63. The van der Waals surface area contributed by atoms with E-state index in [9.17, 15) is 10.1 Å². The first-order chi connectivity index (χ1) is 10.1. The van der Waals surface area contributed by atoms with Crippen molar-refractivity contribution in [1.82, 2.24) is 9.97 Å². The third kappa shape index (κ3) is 3.88. The van der Waals surface area contributed by atoms with E-state index < -0.39 is 4.92 Å². The van der Waals surface area contributed by atoms with Gasteiger partial charge in [0.25, 0.3) is 5.69 Å². The Morgan fingerprint density at radius 2 is 2.19 bits per heavy atom. The first kappa shape index (κ1) is 14.7. The van der Waals surface area contributed by atoms with Crippen molar-refractivity contribution in [1.29, 1.82) is 0 Å². The Morgan fingerprint density at radius 3 is 2.90 bits per heavy atom. The molecule has 0 unspecified atom stereocenters. The summed E-state index contributed by atoms with van der Waals surface area (Å²) in [6.45, 7) is 4.62. The molecule has 0 bridgehead atoms. The molecule has 0 amide bonds. The van der Waals surface area contributed by atoms with Crippen molar-refractivity contribution in [2.75, 3.05) is 11.9 Å². The monoisotopic (exact) mass is 288 g/mol. The van der Waals surface area contributed by atoms with E-state index in [2.05, 4.69) is 15.3 Å². The fourth-order valence-electron chi connectivity index (χ4n) is 1.65. The third-order valence-electron chi connectivity index (χ3n) is 2.76. The normalized spacial score (nSPS) is 10.2. The number of aryl methyl sites for hydroxylation is 1. The maximum absolute atomic E-state index is 10.8. The lowest BCUT2D eigenvalue weighted by molar-refractivity contribution is -0.384. The number of hydrogen-bond donors (Lipinski definition) is 1. The molecule has 7 heteroatoms. The van der Waals surface area contributed by atoms with Crippen molar-refractivity contribution in [3.8, 4) is 11.6 Å². The zero-order valence-electron chi connectivity index (χ0n) is 11.9. The molecule has 0 aliphatic rings. The summed E-state index contributed by atoms with van der Waals surface area (Å²) in [5.74, 6) is 1.22. The van der Waals surface area contributed by atoms with Crippen molar-refractivity contribution in [3.05, 3.63) is 46.1 Å². The lowest BCUT2D eigenvalue weighted by atomic mass is 10.2. The summed E-state index contributed by atoms with van der Waals surface area (Å²) >= 11 is 0. The smallest absolute Gasteiger partial charge is 0.273 e. The van der Waals surface area contributed by atoms with E-state index in [4.69, 9.17) is 4.74 Å². The van der Waals surface area contributed by atoms with E-state index in [0.717, 1.165) is 18.5 Å². The molecule has 2 aromatic rings. The summed E-state index contributed by atoms with van der Waals surface area (Å²) in [4.78, 5) is 18.6. The van der Waals surface area contributed by atoms with Gasteiger partial charge in [-0.25, -0.2) is 4.98 Å². The molecule has 7 nitrogen and oxygen atoms in total.